The van der Waals surface area contributed by atoms with Gasteiger partial charge in [-0.15, -0.1) is 0 Å². The number of carbonyl (C=O) groups excluding carboxylic acids is 1. The van der Waals surface area contributed by atoms with Gasteiger partial charge in [0.15, 0.2) is 0 Å². The third-order valence-electron chi connectivity index (χ3n) is 1.52. The molecule has 0 aromatic heterocycles. The predicted molar refractivity (Wildman–Crippen MR) is 42.9 cm³/mol. The van der Waals surface area contributed by atoms with Crippen molar-refractivity contribution in [2.24, 2.45) is 11.1 Å². The molecule has 0 radical (unpaired) electrons. The maximum Gasteiger partial charge on any atom is 0.227 e. The molecule has 0 aromatic rings. The molecule has 4 N–H and O–H groups in total. The summed E-state index contributed by atoms with van der Waals surface area (Å²) in [5.41, 5.74) is 4.82. The third-order valence-corrected chi connectivity index (χ3v) is 1.52. The van der Waals surface area contributed by atoms with Gasteiger partial charge in [0, 0.05) is 13.1 Å². The number of hydrogen-bond donors (Lipinski definition) is 3. The number of nitrogens with two attached hydrogens (primary N) is 1. The highest BCUT2D eigenvalue weighted by Crippen LogP contribution is 2.11. The van der Waals surface area contributed by atoms with E-state index in [1.165, 1.54) is 0 Å². The van der Waals surface area contributed by atoms with Gasteiger partial charge in [-0.3, -0.25) is 4.79 Å². The van der Waals surface area contributed by atoms with Crippen LogP contribution < -0.4 is 11.1 Å². The van der Waals surface area contributed by atoms with Crippen molar-refractivity contribution < 1.29 is 9.90 Å². The van der Waals surface area contributed by atoms with Gasteiger partial charge in [0.1, 0.15) is 0 Å². The largest absolute Gasteiger partial charge is 0.395 e. The summed E-state index contributed by atoms with van der Waals surface area (Å²) in [5.74, 6) is -0.117. The minimum absolute atomic E-state index is 0.0353. The third kappa shape index (κ3) is 3.34. The molecule has 0 aliphatic rings. The van der Waals surface area contributed by atoms with Crippen LogP contribution >= 0.6 is 0 Å². The van der Waals surface area contributed by atoms with Crippen LogP contribution in [0.5, 0.6) is 0 Å². The molecule has 0 spiro atoms. The van der Waals surface area contributed by atoms with Crippen LogP contribution in [0.2, 0.25) is 0 Å². The monoisotopic (exact) mass is 160 g/mol. The Bertz CT molecular complexity index is 134. The molecule has 4 nitrogen and oxygen atoms in total. The van der Waals surface area contributed by atoms with Gasteiger partial charge in [0.25, 0.3) is 0 Å². The molecule has 0 unspecified atom stereocenters. The number of aliphatic hydroxyl groups excluding tert-OH is 1. The normalized spacial score (nSPS) is 11.3. The number of hydrogen-bond acceptors (Lipinski definition) is 3. The summed E-state index contributed by atoms with van der Waals surface area (Å²) in [7, 11) is 0. The van der Waals surface area contributed by atoms with E-state index in [0.717, 1.165) is 0 Å². The Morgan fingerprint density at radius 3 is 2.55 bits per heavy atom. The molecule has 0 aromatic carbocycles. The van der Waals surface area contributed by atoms with Crippen molar-refractivity contribution in [3.05, 3.63) is 0 Å². The van der Waals surface area contributed by atoms with Gasteiger partial charge >= 0.3 is 0 Å². The molecule has 0 rings (SSSR count). The summed E-state index contributed by atoms with van der Waals surface area (Å²) in [6, 6.07) is 0. The minimum atomic E-state index is -0.533. The highest BCUT2D eigenvalue weighted by Gasteiger charge is 2.24. The molecule has 0 fully saturated rings. The zero-order valence-corrected chi connectivity index (χ0v) is 7.05. The second-order valence-corrected chi connectivity index (χ2v) is 3.07. The lowest BCUT2D eigenvalue weighted by molar-refractivity contribution is -0.129. The molecular weight excluding hydrogens is 144 g/mol. The maximum absolute atomic E-state index is 11.2. The van der Waals surface area contributed by atoms with E-state index in [1.807, 2.05) is 0 Å². The van der Waals surface area contributed by atoms with Crippen LogP contribution in [0, 0.1) is 5.41 Å². The quantitative estimate of drug-likeness (QED) is 0.498. The molecular formula is C7H16N2O2. The first-order valence-electron chi connectivity index (χ1n) is 3.64. The molecule has 0 aliphatic carbocycles. The van der Waals surface area contributed by atoms with Crippen molar-refractivity contribution in [2.45, 2.75) is 13.8 Å². The molecule has 1 amide bonds. The molecule has 0 saturated carbocycles. The van der Waals surface area contributed by atoms with Crippen molar-refractivity contribution in [2.75, 3.05) is 19.7 Å². The van der Waals surface area contributed by atoms with E-state index < -0.39 is 5.41 Å². The van der Waals surface area contributed by atoms with Crippen LogP contribution in [0.3, 0.4) is 0 Å². The lowest BCUT2D eigenvalue weighted by Gasteiger charge is -2.20. The second kappa shape index (κ2) is 4.31. The van der Waals surface area contributed by atoms with E-state index in [2.05, 4.69) is 5.32 Å². The summed E-state index contributed by atoms with van der Waals surface area (Å²) in [5, 5.41) is 11.0. The van der Waals surface area contributed by atoms with Crippen molar-refractivity contribution in [3.63, 3.8) is 0 Å². The van der Waals surface area contributed by atoms with Crippen LogP contribution in [0.25, 0.3) is 0 Å². The standard InChI is InChI=1S/C7H16N2O2/c1-7(2,5-8)6(11)9-3-4-10/h10H,3-5,8H2,1-2H3,(H,9,11). The van der Waals surface area contributed by atoms with E-state index in [9.17, 15) is 4.79 Å². The topological polar surface area (TPSA) is 75.4 Å². The molecule has 0 atom stereocenters. The van der Waals surface area contributed by atoms with Gasteiger partial charge in [0.2, 0.25) is 5.91 Å². The number of amides is 1. The Morgan fingerprint density at radius 2 is 2.18 bits per heavy atom. The van der Waals surface area contributed by atoms with Crippen LogP contribution in [-0.2, 0) is 4.79 Å². The van der Waals surface area contributed by atoms with Crippen molar-refractivity contribution in [3.8, 4) is 0 Å². The maximum atomic E-state index is 11.2. The molecule has 0 aliphatic heterocycles. The Hall–Kier alpha value is -0.610. The minimum Gasteiger partial charge on any atom is -0.395 e. The Balaban J connectivity index is 3.82. The Kier molecular flexibility index (Phi) is 4.07. The van der Waals surface area contributed by atoms with Gasteiger partial charge in [-0.05, 0) is 13.8 Å². The highest BCUT2D eigenvalue weighted by atomic mass is 16.3. The lowest BCUT2D eigenvalue weighted by atomic mass is 9.93. The van der Waals surface area contributed by atoms with E-state index in [4.69, 9.17) is 10.8 Å². The first-order chi connectivity index (χ1) is 5.04. The first-order valence-corrected chi connectivity index (χ1v) is 3.64. The summed E-state index contributed by atoms with van der Waals surface area (Å²) in [6.07, 6.45) is 0. The molecule has 11 heavy (non-hydrogen) atoms. The van der Waals surface area contributed by atoms with Gasteiger partial charge in [-0.25, -0.2) is 0 Å². The average molecular weight is 160 g/mol. The fourth-order valence-electron chi connectivity index (χ4n) is 0.501. The van der Waals surface area contributed by atoms with Gasteiger partial charge in [-0.2, -0.15) is 0 Å². The van der Waals surface area contributed by atoms with Crippen LogP contribution in [0.4, 0.5) is 0 Å². The highest BCUT2D eigenvalue weighted by molar-refractivity contribution is 5.81. The summed E-state index contributed by atoms with van der Waals surface area (Å²) < 4.78 is 0. The van der Waals surface area contributed by atoms with E-state index in [0.29, 0.717) is 13.1 Å². The van der Waals surface area contributed by atoms with Gasteiger partial charge in [0.05, 0.1) is 12.0 Å². The van der Waals surface area contributed by atoms with Crippen LogP contribution in [0.15, 0.2) is 0 Å². The summed E-state index contributed by atoms with van der Waals surface area (Å²) in [6.45, 7) is 4.10. The molecule has 0 bridgehead atoms. The smallest absolute Gasteiger partial charge is 0.227 e. The van der Waals surface area contributed by atoms with E-state index in [-0.39, 0.29) is 12.5 Å². The summed E-state index contributed by atoms with van der Waals surface area (Å²) >= 11 is 0. The van der Waals surface area contributed by atoms with Gasteiger partial charge in [-0.1, -0.05) is 0 Å². The molecule has 66 valence electrons. The lowest BCUT2D eigenvalue weighted by Crippen LogP contribution is -2.42. The second-order valence-electron chi connectivity index (χ2n) is 3.07. The SMILES string of the molecule is CC(C)(CN)C(=O)NCCO. The number of aliphatic hydroxyl groups is 1. The Labute approximate surface area is 66.8 Å². The van der Waals surface area contributed by atoms with Crippen molar-refractivity contribution in [1.82, 2.24) is 5.32 Å². The number of nitrogens with one attached hydrogen (secondary N) is 1. The number of rotatable bonds is 4. The van der Waals surface area contributed by atoms with Gasteiger partial charge < -0.3 is 16.2 Å². The zero-order chi connectivity index (χ0) is 8.91. The van der Waals surface area contributed by atoms with Crippen molar-refractivity contribution in [1.29, 1.82) is 0 Å². The molecule has 4 heteroatoms. The first kappa shape index (κ1) is 10.4. The Morgan fingerprint density at radius 1 is 1.64 bits per heavy atom. The summed E-state index contributed by atoms with van der Waals surface area (Å²) in [4.78, 5) is 11.2. The van der Waals surface area contributed by atoms with E-state index in [1.54, 1.807) is 13.8 Å². The predicted octanol–water partition coefficient (Wildman–Crippen LogP) is -0.920. The fraction of sp³-hybridized carbons (Fsp3) is 0.857. The van der Waals surface area contributed by atoms with Crippen molar-refractivity contribution >= 4 is 5.91 Å². The fourth-order valence-corrected chi connectivity index (χ4v) is 0.501. The number of carbonyl (C=O) groups is 1. The molecule has 0 saturated heterocycles. The zero-order valence-electron chi connectivity index (χ0n) is 7.05. The van der Waals surface area contributed by atoms with Crippen LogP contribution in [0.1, 0.15) is 13.8 Å². The van der Waals surface area contributed by atoms with Crippen LogP contribution in [-0.4, -0.2) is 30.7 Å². The van der Waals surface area contributed by atoms with E-state index >= 15 is 0 Å². The molecule has 0 heterocycles. The average Bonchev–Trinajstić information content (AvgIpc) is 2.00.